The molecule has 0 saturated carbocycles. The van der Waals surface area contributed by atoms with Gasteiger partial charge in [0, 0.05) is 6.04 Å². The van der Waals surface area contributed by atoms with Crippen LogP contribution in [0.3, 0.4) is 0 Å². The Morgan fingerprint density at radius 1 is 1.00 bits per heavy atom. The fraction of sp³-hybridized carbons (Fsp3) is 1.00. The predicted octanol–water partition coefficient (Wildman–Crippen LogP) is 4.22. The van der Waals surface area contributed by atoms with Gasteiger partial charge in [-0.05, 0) is 44.8 Å². The van der Waals surface area contributed by atoms with Crippen LogP contribution < -0.4 is 11.1 Å². The van der Waals surface area contributed by atoms with Crippen LogP contribution in [0.4, 0.5) is 0 Å². The van der Waals surface area contributed by atoms with Crippen molar-refractivity contribution in [1.82, 2.24) is 10.2 Å². The van der Waals surface area contributed by atoms with E-state index in [1.807, 2.05) is 0 Å². The highest BCUT2D eigenvalue weighted by atomic mass is 15.2. The molecule has 0 aromatic carbocycles. The van der Waals surface area contributed by atoms with E-state index in [2.05, 4.69) is 51.9 Å². The molecule has 3 nitrogen and oxygen atoms in total. The van der Waals surface area contributed by atoms with Gasteiger partial charge in [0.05, 0.1) is 6.17 Å². The summed E-state index contributed by atoms with van der Waals surface area (Å²) in [6.45, 7) is 13.5. The van der Waals surface area contributed by atoms with Gasteiger partial charge in [-0.1, -0.05) is 66.7 Å². The molecule has 0 amide bonds. The molecule has 0 aromatic rings. The van der Waals surface area contributed by atoms with Crippen molar-refractivity contribution in [2.24, 2.45) is 17.6 Å². The molecule has 0 aliphatic carbocycles. The zero-order valence-electron chi connectivity index (χ0n) is 16.2. The molecule has 3 atom stereocenters. The fourth-order valence-electron chi connectivity index (χ4n) is 3.32. The highest BCUT2D eigenvalue weighted by Crippen LogP contribution is 2.23. The maximum atomic E-state index is 6.47. The molecule has 0 aromatic heterocycles. The average Bonchev–Trinajstić information content (AvgIpc) is 2.50. The molecule has 134 valence electrons. The third-order valence-corrected chi connectivity index (χ3v) is 4.87. The maximum Gasteiger partial charge on any atom is 0.0709 e. The minimum Gasteiger partial charge on any atom is -0.315 e. The van der Waals surface area contributed by atoms with E-state index in [1.165, 1.54) is 38.5 Å². The molecule has 0 bridgehead atoms. The molecule has 3 N–H and O–H groups in total. The lowest BCUT2D eigenvalue weighted by atomic mass is 9.88. The predicted molar refractivity (Wildman–Crippen MR) is 100 cm³/mol. The van der Waals surface area contributed by atoms with Crippen molar-refractivity contribution >= 4 is 0 Å². The first-order valence-electron chi connectivity index (χ1n) is 9.66. The number of likely N-dealkylation sites (N-methyl/N-ethyl adjacent to an activating group) is 1. The van der Waals surface area contributed by atoms with Crippen molar-refractivity contribution in [3.63, 3.8) is 0 Å². The minimum absolute atomic E-state index is 0.0884. The first-order chi connectivity index (χ1) is 10.5. The van der Waals surface area contributed by atoms with Gasteiger partial charge in [0.2, 0.25) is 0 Å². The molecule has 0 rings (SSSR count). The zero-order valence-corrected chi connectivity index (χ0v) is 16.2. The quantitative estimate of drug-likeness (QED) is 0.372. The van der Waals surface area contributed by atoms with E-state index in [4.69, 9.17) is 5.73 Å². The van der Waals surface area contributed by atoms with Crippen molar-refractivity contribution < 1.29 is 0 Å². The van der Waals surface area contributed by atoms with Gasteiger partial charge in [0.1, 0.15) is 0 Å². The smallest absolute Gasteiger partial charge is 0.0709 e. The lowest BCUT2D eigenvalue weighted by molar-refractivity contribution is 0.128. The summed E-state index contributed by atoms with van der Waals surface area (Å²) in [5, 5.41) is 3.52. The summed E-state index contributed by atoms with van der Waals surface area (Å²) in [5.41, 5.74) is 6.47. The van der Waals surface area contributed by atoms with Gasteiger partial charge in [-0.15, -0.1) is 0 Å². The lowest BCUT2D eigenvalue weighted by Crippen LogP contribution is -2.57. The van der Waals surface area contributed by atoms with Gasteiger partial charge >= 0.3 is 0 Å². The van der Waals surface area contributed by atoms with Crippen molar-refractivity contribution in [3.05, 3.63) is 0 Å². The SMILES string of the molecule is CCCNC(N)C(C(CC)CCCCCC(C)C)N(C)CC. The summed E-state index contributed by atoms with van der Waals surface area (Å²) in [4.78, 5) is 2.44. The van der Waals surface area contributed by atoms with Gasteiger partial charge in [-0.25, -0.2) is 0 Å². The molecule has 0 aliphatic rings. The second-order valence-electron chi connectivity index (χ2n) is 7.24. The number of nitrogens with two attached hydrogens (primary N) is 1. The van der Waals surface area contributed by atoms with E-state index >= 15 is 0 Å². The normalized spacial score (nSPS) is 16.2. The van der Waals surface area contributed by atoms with Gasteiger partial charge in [-0.2, -0.15) is 0 Å². The van der Waals surface area contributed by atoms with Crippen molar-refractivity contribution in [1.29, 1.82) is 0 Å². The topological polar surface area (TPSA) is 41.3 Å². The van der Waals surface area contributed by atoms with Crippen LogP contribution in [0, 0.1) is 11.8 Å². The highest BCUT2D eigenvalue weighted by molar-refractivity contribution is 4.84. The van der Waals surface area contributed by atoms with Crippen LogP contribution in [0.2, 0.25) is 0 Å². The van der Waals surface area contributed by atoms with E-state index in [1.54, 1.807) is 0 Å². The molecule has 0 saturated heterocycles. The summed E-state index contributed by atoms with van der Waals surface area (Å²) in [6, 6.07) is 0.451. The van der Waals surface area contributed by atoms with Crippen LogP contribution in [-0.4, -0.2) is 37.2 Å². The monoisotopic (exact) mass is 313 g/mol. The molecule has 3 heteroatoms. The molecule has 0 heterocycles. The Hall–Kier alpha value is -0.120. The van der Waals surface area contributed by atoms with Crippen LogP contribution >= 0.6 is 0 Å². The number of hydrogen-bond acceptors (Lipinski definition) is 3. The van der Waals surface area contributed by atoms with E-state index in [0.717, 1.165) is 25.4 Å². The first-order valence-corrected chi connectivity index (χ1v) is 9.66. The van der Waals surface area contributed by atoms with Crippen LogP contribution in [0.15, 0.2) is 0 Å². The van der Waals surface area contributed by atoms with Crippen LogP contribution in [0.1, 0.15) is 79.6 Å². The lowest BCUT2D eigenvalue weighted by Gasteiger charge is -2.38. The Balaban J connectivity index is 4.43. The summed E-state index contributed by atoms with van der Waals surface area (Å²) in [7, 11) is 2.22. The molecule has 22 heavy (non-hydrogen) atoms. The maximum absolute atomic E-state index is 6.47. The summed E-state index contributed by atoms with van der Waals surface area (Å²) < 4.78 is 0. The number of nitrogens with one attached hydrogen (secondary N) is 1. The molecular weight excluding hydrogens is 270 g/mol. The largest absolute Gasteiger partial charge is 0.315 e. The number of nitrogens with zero attached hydrogens (tertiary/aromatic N) is 1. The Labute approximate surface area is 140 Å². The Morgan fingerprint density at radius 3 is 2.14 bits per heavy atom. The molecule has 0 fully saturated rings. The van der Waals surface area contributed by atoms with Crippen molar-refractivity contribution in [2.75, 3.05) is 20.1 Å². The molecule has 0 spiro atoms. The van der Waals surface area contributed by atoms with E-state index in [0.29, 0.717) is 12.0 Å². The van der Waals surface area contributed by atoms with E-state index in [9.17, 15) is 0 Å². The zero-order chi connectivity index (χ0) is 17.0. The molecule has 0 radical (unpaired) electrons. The number of hydrogen-bond donors (Lipinski definition) is 2. The van der Waals surface area contributed by atoms with Crippen molar-refractivity contribution in [2.45, 2.75) is 91.8 Å². The summed E-state index contributed by atoms with van der Waals surface area (Å²) in [5.74, 6) is 1.54. The fourth-order valence-corrected chi connectivity index (χ4v) is 3.32. The molecule has 3 unspecified atom stereocenters. The molecule has 0 aliphatic heterocycles. The van der Waals surface area contributed by atoms with Gasteiger partial charge < -0.3 is 16.0 Å². The number of rotatable bonds is 14. The third kappa shape index (κ3) is 9.12. The summed E-state index contributed by atoms with van der Waals surface area (Å²) >= 11 is 0. The van der Waals surface area contributed by atoms with Crippen molar-refractivity contribution in [3.8, 4) is 0 Å². The third-order valence-electron chi connectivity index (χ3n) is 4.87. The Bertz CT molecular complexity index is 243. The highest BCUT2D eigenvalue weighted by Gasteiger charge is 2.28. The van der Waals surface area contributed by atoms with Crippen LogP contribution in [0.5, 0.6) is 0 Å². The second-order valence-corrected chi connectivity index (χ2v) is 7.24. The second kappa shape index (κ2) is 13.3. The van der Waals surface area contributed by atoms with Crippen LogP contribution in [0.25, 0.3) is 0 Å². The average molecular weight is 314 g/mol. The molecular formula is C19H43N3. The first kappa shape index (κ1) is 21.9. The van der Waals surface area contributed by atoms with Gasteiger partial charge in [0.15, 0.2) is 0 Å². The summed E-state index contributed by atoms with van der Waals surface area (Å²) in [6.07, 6.45) is 9.23. The standard InChI is InChI=1S/C19H43N3/c1-7-15-21-19(20)18(22(6)9-3)17(8-2)14-12-10-11-13-16(4)5/h16-19,21H,7-15,20H2,1-6H3. The van der Waals surface area contributed by atoms with Crippen LogP contribution in [-0.2, 0) is 0 Å². The van der Waals surface area contributed by atoms with Gasteiger partial charge in [0.25, 0.3) is 0 Å². The number of unbranched alkanes of at least 4 members (excludes halogenated alkanes) is 2. The Morgan fingerprint density at radius 2 is 1.64 bits per heavy atom. The minimum atomic E-state index is 0.0884. The van der Waals surface area contributed by atoms with E-state index in [-0.39, 0.29) is 6.17 Å². The Kier molecular flexibility index (Phi) is 13.3. The van der Waals surface area contributed by atoms with E-state index < -0.39 is 0 Å². The van der Waals surface area contributed by atoms with Gasteiger partial charge in [-0.3, -0.25) is 0 Å².